The molecule has 2 fully saturated rings. The normalized spacial score (nSPS) is 40.8. The van der Waals surface area contributed by atoms with Crippen LogP contribution in [-0.4, -0.2) is 17.8 Å². The predicted molar refractivity (Wildman–Crippen MR) is 61.7 cm³/mol. The molecule has 0 aromatic carbocycles. The lowest BCUT2D eigenvalue weighted by Crippen LogP contribution is -2.46. The Kier molecular flexibility index (Phi) is 2.83. The smallest absolute Gasteiger partial charge is 0.114 e. The first-order valence-electron chi connectivity index (χ1n) is 6.31. The quantitative estimate of drug-likeness (QED) is 0.741. The number of hydrogen-bond donors (Lipinski definition) is 1. The first-order chi connectivity index (χ1) is 6.86. The van der Waals surface area contributed by atoms with E-state index in [0.717, 1.165) is 25.7 Å². The van der Waals surface area contributed by atoms with Crippen molar-refractivity contribution in [3.63, 3.8) is 0 Å². The lowest BCUT2D eigenvalue weighted by Gasteiger charge is -2.36. The topological polar surface area (TPSA) is 12.0 Å². The Balaban J connectivity index is 1.90. The number of halogens is 1. The third-order valence-corrected chi connectivity index (χ3v) is 3.88. The van der Waals surface area contributed by atoms with E-state index in [1.165, 1.54) is 12.8 Å². The highest BCUT2D eigenvalue weighted by molar-refractivity contribution is 5.00. The highest BCUT2D eigenvalue weighted by Gasteiger charge is 2.43. The predicted octanol–water partition coefficient (Wildman–Crippen LogP) is 3.44. The molecular weight excluding hydrogens is 189 g/mol. The van der Waals surface area contributed by atoms with Gasteiger partial charge in [-0.3, -0.25) is 0 Å². The Bertz CT molecular complexity index is 219. The number of nitrogens with one attached hydrogen (secondary N) is 1. The molecule has 0 amide bonds. The van der Waals surface area contributed by atoms with Gasteiger partial charge in [0.1, 0.15) is 5.67 Å². The monoisotopic (exact) mass is 213 g/mol. The third kappa shape index (κ3) is 2.93. The van der Waals surface area contributed by atoms with Crippen LogP contribution in [0.1, 0.15) is 59.3 Å². The van der Waals surface area contributed by atoms with Crippen molar-refractivity contribution in [3.8, 4) is 0 Å². The minimum absolute atomic E-state index is 0.267. The first kappa shape index (κ1) is 11.4. The zero-order chi connectivity index (χ0) is 11.1. The Labute approximate surface area is 92.8 Å². The van der Waals surface area contributed by atoms with E-state index in [4.69, 9.17) is 0 Å². The maximum absolute atomic E-state index is 14.6. The van der Waals surface area contributed by atoms with Crippen LogP contribution in [0.15, 0.2) is 0 Å². The number of hydrogen-bond acceptors (Lipinski definition) is 1. The molecule has 1 nitrogen and oxygen atoms in total. The van der Waals surface area contributed by atoms with Crippen molar-refractivity contribution in [1.82, 2.24) is 5.32 Å². The van der Waals surface area contributed by atoms with Crippen molar-refractivity contribution >= 4 is 0 Å². The van der Waals surface area contributed by atoms with E-state index < -0.39 is 5.67 Å². The fraction of sp³-hybridized carbons (Fsp3) is 1.00. The van der Waals surface area contributed by atoms with Gasteiger partial charge >= 0.3 is 0 Å². The summed E-state index contributed by atoms with van der Waals surface area (Å²) in [4.78, 5) is 0. The zero-order valence-corrected chi connectivity index (χ0v) is 10.3. The van der Waals surface area contributed by atoms with Crippen LogP contribution in [0.25, 0.3) is 0 Å². The average Bonchev–Trinajstić information content (AvgIpc) is 2.42. The molecule has 2 rings (SSSR count). The van der Waals surface area contributed by atoms with E-state index in [1.807, 2.05) is 0 Å². The molecule has 2 heterocycles. The SMILES string of the molecule is CC(C)(C)CCC1(F)CC2CCC(C1)N2. The standard InChI is InChI=1S/C13H24FN/c1-12(2,3)6-7-13(14)8-10-4-5-11(9-13)15-10/h10-11,15H,4-9H2,1-3H3. The minimum atomic E-state index is -0.871. The second kappa shape index (κ2) is 3.73. The summed E-state index contributed by atoms with van der Waals surface area (Å²) in [7, 11) is 0. The summed E-state index contributed by atoms with van der Waals surface area (Å²) in [6, 6.07) is 0.933. The fourth-order valence-electron chi connectivity index (χ4n) is 2.99. The van der Waals surface area contributed by atoms with Gasteiger partial charge in [0.2, 0.25) is 0 Å². The zero-order valence-electron chi connectivity index (χ0n) is 10.3. The van der Waals surface area contributed by atoms with E-state index in [1.54, 1.807) is 0 Å². The Morgan fingerprint density at radius 1 is 1.20 bits per heavy atom. The van der Waals surface area contributed by atoms with Crippen LogP contribution in [0.4, 0.5) is 4.39 Å². The summed E-state index contributed by atoms with van der Waals surface area (Å²) in [6.45, 7) is 6.60. The van der Waals surface area contributed by atoms with Crippen molar-refractivity contribution in [2.75, 3.05) is 0 Å². The molecule has 2 bridgehead atoms. The van der Waals surface area contributed by atoms with E-state index in [2.05, 4.69) is 26.1 Å². The van der Waals surface area contributed by atoms with Gasteiger partial charge in [0.25, 0.3) is 0 Å². The van der Waals surface area contributed by atoms with Gasteiger partial charge in [-0.05, 0) is 43.9 Å². The van der Waals surface area contributed by atoms with Crippen molar-refractivity contribution in [1.29, 1.82) is 0 Å². The highest BCUT2D eigenvalue weighted by Crippen LogP contribution is 2.41. The van der Waals surface area contributed by atoms with Crippen molar-refractivity contribution < 1.29 is 4.39 Å². The van der Waals surface area contributed by atoms with Crippen LogP contribution in [0.2, 0.25) is 0 Å². The Morgan fingerprint density at radius 3 is 2.20 bits per heavy atom. The van der Waals surface area contributed by atoms with Crippen LogP contribution in [0, 0.1) is 5.41 Å². The van der Waals surface area contributed by atoms with Crippen LogP contribution in [0.5, 0.6) is 0 Å². The molecule has 0 aromatic rings. The molecule has 0 radical (unpaired) electrons. The molecule has 1 N–H and O–H groups in total. The number of fused-ring (bicyclic) bond motifs is 2. The molecule has 2 atom stereocenters. The first-order valence-corrected chi connectivity index (χ1v) is 6.31. The summed E-state index contributed by atoms with van der Waals surface area (Å²) in [5, 5.41) is 3.50. The van der Waals surface area contributed by atoms with Crippen molar-refractivity contribution in [2.45, 2.75) is 77.0 Å². The van der Waals surface area contributed by atoms with Crippen LogP contribution >= 0.6 is 0 Å². The number of alkyl halides is 1. The molecule has 2 heteroatoms. The van der Waals surface area contributed by atoms with E-state index in [-0.39, 0.29) is 5.41 Å². The molecule has 0 spiro atoms. The van der Waals surface area contributed by atoms with Gasteiger partial charge in [-0.15, -0.1) is 0 Å². The molecule has 0 aromatic heterocycles. The van der Waals surface area contributed by atoms with Crippen LogP contribution in [0.3, 0.4) is 0 Å². The third-order valence-electron chi connectivity index (χ3n) is 3.88. The molecule has 15 heavy (non-hydrogen) atoms. The minimum Gasteiger partial charge on any atom is -0.311 e. The maximum atomic E-state index is 14.6. The average molecular weight is 213 g/mol. The molecule has 88 valence electrons. The van der Waals surface area contributed by atoms with Crippen molar-refractivity contribution in [3.05, 3.63) is 0 Å². The summed E-state index contributed by atoms with van der Waals surface area (Å²) in [5.41, 5.74) is -0.604. The molecule has 0 aliphatic carbocycles. The lowest BCUT2D eigenvalue weighted by atomic mass is 9.80. The van der Waals surface area contributed by atoms with Gasteiger partial charge in [0, 0.05) is 12.1 Å². The summed E-state index contributed by atoms with van der Waals surface area (Å²) < 4.78 is 14.6. The van der Waals surface area contributed by atoms with Crippen LogP contribution < -0.4 is 5.32 Å². The lowest BCUT2D eigenvalue weighted by molar-refractivity contribution is 0.0662. The Hall–Kier alpha value is -0.110. The largest absolute Gasteiger partial charge is 0.311 e. The highest BCUT2D eigenvalue weighted by atomic mass is 19.1. The second-order valence-electron chi connectivity index (χ2n) is 6.76. The van der Waals surface area contributed by atoms with Gasteiger partial charge in [0.15, 0.2) is 0 Å². The van der Waals surface area contributed by atoms with Crippen LogP contribution in [-0.2, 0) is 0 Å². The summed E-state index contributed by atoms with van der Waals surface area (Å²) in [5.74, 6) is 0. The van der Waals surface area contributed by atoms with E-state index in [9.17, 15) is 4.39 Å². The van der Waals surface area contributed by atoms with Gasteiger partial charge in [-0.25, -0.2) is 4.39 Å². The van der Waals surface area contributed by atoms with Gasteiger partial charge in [0.05, 0.1) is 0 Å². The van der Waals surface area contributed by atoms with Gasteiger partial charge < -0.3 is 5.32 Å². The van der Waals surface area contributed by atoms with Gasteiger partial charge in [-0.2, -0.15) is 0 Å². The molecular formula is C13H24FN. The van der Waals surface area contributed by atoms with E-state index in [0.29, 0.717) is 12.1 Å². The molecule has 0 saturated carbocycles. The summed E-state index contributed by atoms with van der Waals surface area (Å²) >= 11 is 0. The number of rotatable bonds is 2. The Morgan fingerprint density at radius 2 is 1.73 bits per heavy atom. The second-order valence-corrected chi connectivity index (χ2v) is 6.76. The summed E-state index contributed by atoms with van der Waals surface area (Å²) in [6.07, 6.45) is 5.63. The molecule has 2 saturated heterocycles. The van der Waals surface area contributed by atoms with Gasteiger partial charge in [-0.1, -0.05) is 20.8 Å². The van der Waals surface area contributed by atoms with E-state index >= 15 is 0 Å². The number of piperidine rings is 1. The maximum Gasteiger partial charge on any atom is 0.114 e. The van der Waals surface area contributed by atoms with Crippen molar-refractivity contribution in [2.24, 2.45) is 5.41 Å². The molecule has 2 unspecified atom stereocenters. The fourth-order valence-corrected chi connectivity index (χ4v) is 2.99. The molecule has 2 aliphatic rings. The molecule has 2 aliphatic heterocycles.